The minimum absolute atomic E-state index is 0.156. The average molecular weight is 249 g/mol. The van der Waals surface area contributed by atoms with Crippen LogP contribution in [0.15, 0.2) is 6.07 Å². The van der Waals surface area contributed by atoms with Crippen LogP contribution in [-0.4, -0.2) is 39.8 Å². The second-order valence-electron chi connectivity index (χ2n) is 4.25. The van der Waals surface area contributed by atoms with Crippen LogP contribution in [0.5, 0.6) is 0 Å². The van der Waals surface area contributed by atoms with Crippen LogP contribution in [0, 0.1) is 6.92 Å². The van der Waals surface area contributed by atoms with Gasteiger partial charge in [0.25, 0.3) is 5.91 Å². The van der Waals surface area contributed by atoms with Crippen LogP contribution >= 0.6 is 0 Å². The summed E-state index contributed by atoms with van der Waals surface area (Å²) in [5.74, 6) is 0.974. The smallest absolute Gasteiger partial charge is 0.251 e. The number of likely N-dealkylation sites (tertiary alicyclic amines) is 1. The molecule has 2 amide bonds. The van der Waals surface area contributed by atoms with Crippen molar-refractivity contribution in [2.24, 2.45) is 0 Å². The number of piperidine rings is 1. The summed E-state index contributed by atoms with van der Waals surface area (Å²) in [6, 6.07) is 1.12. The lowest BCUT2D eigenvalue weighted by atomic mass is 10.0. The Labute approximate surface area is 104 Å². The van der Waals surface area contributed by atoms with Gasteiger partial charge in [-0.05, 0) is 13.3 Å². The first-order valence-electron chi connectivity index (χ1n) is 5.65. The zero-order chi connectivity index (χ0) is 13.3. The van der Waals surface area contributed by atoms with Gasteiger partial charge in [0.15, 0.2) is 0 Å². The van der Waals surface area contributed by atoms with Crippen molar-refractivity contribution < 1.29 is 9.59 Å². The van der Waals surface area contributed by atoms with Gasteiger partial charge in [0.1, 0.15) is 23.5 Å². The van der Waals surface area contributed by atoms with E-state index in [4.69, 9.17) is 5.73 Å². The molecule has 7 heteroatoms. The molecule has 18 heavy (non-hydrogen) atoms. The number of anilines is 2. The molecule has 2 heterocycles. The second-order valence-corrected chi connectivity index (χ2v) is 4.25. The largest absolute Gasteiger partial charge is 0.384 e. The quantitative estimate of drug-likeness (QED) is 0.711. The van der Waals surface area contributed by atoms with Crippen molar-refractivity contribution >= 4 is 23.5 Å². The van der Waals surface area contributed by atoms with Crippen molar-refractivity contribution in [2.75, 3.05) is 18.1 Å². The molecule has 0 spiro atoms. The summed E-state index contributed by atoms with van der Waals surface area (Å²) in [6.07, 6.45) is 0.810. The van der Waals surface area contributed by atoms with E-state index in [0.717, 1.165) is 4.90 Å². The molecule has 1 aliphatic heterocycles. The van der Waals surface area contributed by atoms with Gasteiger partial charge >= 0.3 is 0 Å². The van der Waals surface area contributed by atoms with Crippen LogP contribution in [-0.2, 0) is 9.59 Å². The number of nitrogens with zero attached hydrogens (tertiary/aromatic N) is 3. The number of aromatic nitrogens is 2. The van der Waals surface area contributed by atoms with Crippen LogP contribution in [0.1, 0.15) is 18.7 Å². The van der Waals surface area contributed by atoms with Gasteiger partial charge in [-0.1, -0.05) is 0 Å². The fourth-order valence-electron chi connectivity index (χ4n) is 1.89. The highest BCUT2D eigenvalue weighted by Gasteiger charge is 2.31. The number of aryl methyl sites for hydroxylation is 1. The zero-order valence-corrected chi connectivity index (χ0v) is 10.3. The Morgan fingerprint density at radius 1 is 1.44 bits per heavy atom. The van der Waals surface area contributed by atoms with Gasteiger partial charge in [-0.15, -0.1) is 0 Å². The Morgan fingerprint density at radius 2 is 2.17 bits per heavy atom. The lowest BCUT2D eigenvalue weighted by molar-refractivity contribution is -0.146. The van der Waals surface area contributed by atoms with E-state index in [1.807, 2.05) is 0 Å². The number of rotatable bonds is 2. The van der Waals surface area contributed by atoms with Gasteiger partial charge < -0.3 is 11.1 Å². The van der Waals surface area contributed by atoms with Crippen molar-refractivity contribution in [1.29, 1.82) is 0 Å². The third-order valence-electron chi connectivity index (χ3n) is 2.83. The SMILES string of the molecule is Cc1nc(N)cc(NC2CCC(=O)N(C)C2=O)n1. The first-order valence-corrected chi connectivity index (χ1v) is 5.65. The van der Waals surface area contributed by atoms with E-state index in [2.05, 4.69) is 15.3 Å². The number of nitrogen functional groups attached to an aromatic ring is 1. The van der Waals surface area contributed by atoms with E-state index >= 15 is 0 Å². The van der Waals surface area contributed by atoms with E-state index in [1.165, 1.54) is 7.05 Å². The fraction of sp³-hybridized carbons (Fsp3) is 0.455. The normalized spacial score (nSPS) is 20.1. The molecule has 1 atom stereocenters. The summed E-state index contributed by atoms with van der Waals surface area (Å²) < 4.78 is 0. The average Bonchev–Trinajstić information content (AvgIpc) is 2.29. The van der Waals surface area contributed by atoms with Crippen molar-refractivity contribution in [3.05, 3.63) is 11.9 Å². The number of nitrogens with two attached hydrogens (primary N) is 1. The van der Waals surface area contributed by atoms with E-state index in [1.54, 1.807) is 13.0 Å². The highest BCUT2D eigenvalue weighted by atomic mass is 16.2. The molecule has 0 bridgehead atoms. The maximum Gasteiger partial charge on any atom is 0.251 e. The molecule has 96 valence electrons. The van der Waals surface area contributed by atoms with E-state index in [-0.39, 0.29) is 11.8 Å². The van der Waals surface area contributed by atoms with E-state index < -0.39 is 6.04 Å². The highest BCUT2D eigenvalue weighted by Crippen LogP contribution is 2.17. The zero-order valence-electron chi connectivity index (χ0n) is 10.3. The van der Waals surface area contributed by atoms with Crippen LogP contribution in [0.25, 0.3) is 0 Å². The predicted molar refractivity (Wildman–Crippen MR) is 65.6 cm³/mol. The number of imide groups is 1. The Balaban J connectivity index is 2.14. The second kappa shape index (κ2) is 4.59. The number of carbonyl (C=O) groups is 2. The fourth-order valence-corrected chi connectivity index (χ4v) is 1.89. The number of carbonyl (C=O) groups excluding carboxylic acids is 2. The number of nitrogens with one attached hydrogen (secondary N) is 1. The predicted octanol–water partition coefficient (Wildman–Crippen LogP) is -0.0735. The molecular weight excluding hydrogens is 234 g/mol. The third kappa shape index (κ3) is 2.39. The van der Waals surface area contributed by atoms with Gasteiger partial charge in [-0.2, -0.15) is 0 Å². The topological polar surface area (TPSA) is 101 Å². The summed E-state index contributed by atoms with van der Waals surface area (Å²) in [7, 11) is 1.48. The maximum atomic E-state index is 11.9. The first-order chi connectivity index (χ1) is 8.47. The van der Waals surface area contributed by atoms with Gasteiger partial charge in [0.2, 0.25) is 5.91 Å². The molecule has 3 N–H and O–H groups in total. The lowest BCUT2D eigenvalue weighted by Gasteiger charge is -2.28. The van der Waals surface area contributed by atoms with Gasteiger partial charge in [0, 0.05) is 19.5 Å². The molecule has 2 rings (SSSR count). The van der Waals surface area contributed by atoms with Gasteiger partial charge in [0.05, 0.1) is 0 Å². The standard InChI is InChI=1S/C11H15N5O2/c1-6-13-8(12)5-9(14-6)15-7-3-4-10(17)16(2)11(7)18/h5,7H,3-4H2,1-2H3,(H3,12,13,14,15). The minimum atomic E-state index is -0.443. The first kappa shape index (κ1) is 12.3. The summed E-state index contributed by atoms with van der Waals surface area (Å²) in [5.41, 5.74) is 5.61. The maximum absolute atomic E-state index is 11.9. The Morgan fingerprint density at radius 3 is 2.83 bits per heavy atom. The summed E-state index contributed by atoms with van der Waals surface area (Å²) in [5, 5.41) is 2.99. The Hall–Kier alpha value is -2.18. The summed E-state index contributed by atoms with van der Waals surface area (Å²) in [4.78, 5) is 32.5. The molecule has 1 saturated heterocycles. The van der Waals surface area contributed by atoms with Gasteiger partial charge in [-0.25, -0.2) is 9.97 Å². The summed E-state index contributed by atoms with van der Waals surface area (Å²) >= 11 is 0. The molecule has 1 unspecified atom stereocenters. The van der Waals surface area contributed by atoms with Crippen molar-refractivity contribution in [3.8, 4) is 0 Å². The molecule has 1 aromatic rings. The molecule has 0 aromatic carbocycles. The van der Waals surface area contributed by atoms with Crippen LogP contribution < -0.4 is 11.1 Å². The van der Waals surface area contributed by atoms with Crippen molar-refractivity contribution in [2.45, 2.75) is 25.8 Å². The van der Waals surface area contributed by atoms with Crippen molar-refractivity contribution in [1.82, 2.24) is 14.9 Å². The number of hydrogen-bond acceptors (Lipinski definition) is 6. The molecule has 1 aliphatic rings. The third-order valence-corrected chi connectivity index (χ3v) is 2.83. The highest BCUT2D eigenvalue weighted by molar-refractivity contribution is 6.01. The molecule has 0 aliphatic carbocycles. The number of hydrogen-bond donors (Lipinski definition) is 2. The molecule has 7 nitrogen and oxygen atoms in total. The Bertz CT molecular complexity index is 482. The molecule has 0 saturated carbocycles. The number of likely N-dealkylation sites (N-methyl/N-ethyl adjacent to an activating group) is 1. The molecule has 1 aromatic heterocycles. The Kier molecular flexibility index (Phi) is 3.14. The van der Waals surface area contributed by atoms with Gasteiger partial charge in [-0.3, -0.25) is 14.5 Å². The van der Waals surface area contributed by atoms with E-state index in [0.29, 0.717) is 30.3 Å². The van der Waals surface area contributed by atoms with Crippen LogP contribution in [0.2, 0.25) is 0 Å². The summed E-state index contributed by atoms with van der Waals surface area (Å²) in [6.45, 7) is 1.72. The lowest BCUT2D eigenvalue weighted by Crippen LogP contribution is -2.48. The monoisotopic (exact) mass is 249 g/mol. The van der Waals surface area contributed by atoms with Crippen LogP contribution in [0.3, 0.4) is 0 Å². The minimum Gasteiger partial charge on any atom is -0.384 e. The molecule has 1 fully saturated rings. The van der Waals surface area contributed by atoms with E-state index in [9.17, 15) is 9.59 Å². The van der Waals surface area contributed by atoms with Crippen LogP contribution in [0.4, 0.5) is 11.6 Å². The molecular formula is C11H15N5O2. The molecule has 0 radical (unpaired) electrons. The number of amides is 2. The van der Waals surface area contributed by atoms with Crippen molar-refractivity contribution in [3.63, 3.8) is 0 Å².